The molecule has 2 aromatic rings. The van der Waals surface area contributed by atoms with E-state index in [9.17, 15) is 17.2 Å². The molecular weight excluding hydrogens is 300 g/mol. The lowest BCUT2D eigenvalue weighted by Crippen LogP contribution is -2.29. The van der Waals surface area contributed by atoms with Crippen molar-refractivity contribution in [2.24, 2.45) is 0 Å². The lowest BCUT2D eigenvalue weighted by molar-refractivity contribution is 0.555. The van der Waals surface area contributed by atoms with Gasteiger partial charge >= 0.3 is 0 Å². The first-order chi connectivity index (χ1) is 9.55. The number of H-pyrrole nitrogens is 1. The highest BCUT2D eigenvalue weighted by Gasteiger charge is 2.37. The van der Waals surface area contributed by atoms with Crippen LogP contribution in [0.5, 0.6) is 0 Å². The Morgan fingerprint density at radius 1 is 1.29 bits per heavy atom. The summed E-state index contributed by atoms with van der Waals surface area (Å²) >= 11 is 0. The summed E-state index contributed by atoms with van der Waals surface area (Å²) in [7, 11) is -3.52. The van der Waals surface area contributed by atoms with Crippen molar-refractivity contribution in [2.75, 3.05) is 12.0 Å². The fourth-order valence-corrected chi connectivity index (χ4v) is 2.46. The van der Waals surface area contributed by atoms with Crippen LogP contribution in [0.1, 0.15) is 19.5 Å². The fraction of sp³-hybridized carbons (Fsp3) is 0.308. The van der Waals surface area contributed by atoms with Crippen LogP contribution in [0.15, 0.2) is 18.2 Å². The van der Waals surface area contributed by atoms with Crippen molar-refractivity contribution in [3.05, 3.63) is 35.5 Å². The Morgan fingerprint density at radius 3 is 2.43 bits per heavy atom. The van der Waals surface area contributed by atoms with E-state index in [-0.39, 0.29) is 22.6 Å². The summed E-state index contributed by atoms with van der Waals surface area (Å²) in [5, 5.41) is 6.31. The maximum Gasteiger partial charge on any atom is 0.158 e. The topological polar surface area (TPSA) is 88.8 Å². The van der Waals surface area contributed by atoms with E-state index in [1.165, 1.54) is 19.9 Å². The SMILES string of the molecule is CC(C)(c1[nH]nc(N)c1-c1ccc(F)cc1F)S(C)(=O)=O. The van der Waals surface area contributed by atoms with Gasteiger partial charge in [-0.25, -0.2) is 17.2 Å². The summed E-state index contributed by atoms with van der Waals surface area (Å²) in [5.74, 6) is -1.62. The summed E-state index contributed by atoms with van der Waals surface area (Å²) in [6.45, 7) is 2.92. The van der Waals surface area contributed by atoms with E-state index in [4.69, 9.17) is 5.73 Å². The zero-order chi connectivity index (χ0) is 16.0. The minimum atomic E-state index is -3.52. The standard InChI is InChI=1S/C13H15F2N3O2S/c1-13(2,21(3,19)20)11-10(12(16)18-17-11)8-5-4-7(14)6-9(8)15/h4-6H,1-3H3,(H3,16,17,18). The number of nitrogens with two attached hydrogens (primary N) is 1. The Morgan fingerprint density at radius 2 is 1.90 bits per heavy atom. The zero-order valence-electron chi connectivity index (χ0n) is 11.7. The van der Waals surface area contributed by atoms with Crippen LogP contribution in [0, 0.1) is 11.6 Å². The molecule has 0 aliphatic rings. The molecule has 0 fully saturated rings. The van der Waals surface area contributed by atoms with Crippen LogP contribution in [0.25, 0.3) is 11.1 Å². The molecule has 3 N–H and O–H groups in total. The van der Waals surface area contributed by atoms with E-state index in [0.29, 0.717) is 6.07 Å². The fourth-order valence-electron chi connectivity index (χ4n) is 1.94. The number of nitrogens with zero attached hydrogens (tertiary/aromatic N) is 1. The van der Waals surface area contributed by atoms with Crippen LogP contribution in [0.2, 0.25) is 0 Å². The molecule has 0 radical (unpaired) electrons. The summed E-state index contributed by atoms with van der Waals surface area (Å²) in [6.07, 6.45) is 1.06. The highest BCUT2D eigenvalue weighted by Crippen LogP contribution is 2.39. The number of hydrogen-bond donors (Lipinski definition) is 2. The van der Waals surface area contributed by atoms with Crippen molar-refractivity contribution in [1.29, 1.82) is 0 Å². The van der Waals surface area contributed by atoms with Gasteiger partial charge in [0.1, 0.15) is 16.4 Å². The van der Waals surface area contributed by atoms with Crippen molar-refractivity contribution < 1.29 is 17.2 Å². The quantitative estimate of drug-likeness (QED) is 0.909. The molecule has 8 heteroatoms. The molecule has 5 nitrogen and oxygen atoms in total. The molecule has 1 aromatic carbocycles. The first kappa shape index (κ1) is 15.4. The molecule has 0 aliphatic heterocycles. The van der Waals surface area contributed by atoms with E-state index in [1.807, 2.05) is 0 Å². The number of hydrogen-bond acceptors (Lipinski definition) is 4. The van der Waals surface area contributed by atoms with Crippen molar-refractivity contribution in [3.8, 4) is 11.1 Å². The minimum Gasteiger partial charge on any atom is -0.382 e. The second-order valence-corrected chi connectivity index (χ2v) is 7.83. The second-order valence-electron chi connectivity index (χ2n) is 5.27. The number of aromatic nitrogens is 2. The first-order valence-corrected chi connectivity index (χ1v) is 7.94. The van der Waals surface area contributed by atoms with Gasteiger partial charge in [0.2, 0.25) is 0 Å². The van der Waals surface area contributed by atoms with Gasteiger partial charge in [-0.05, 0) is 26.0 Å². The number of rotatable bonds is 3. The molecule has 0 saturated carbocycles. The maximum absolute atomic E-state index is 14.0. The Balaban J connectivity index is 2.75. The predicted octanol–water partition coefficient (Wildman–Crippen LogP) is 2.22. The Hall–Kier alpha value is -1.96. The predicted molar refractivity (Wildman–Crippen MR) is 76.2 cm³/mol. The van der Waals surface area contributed by atoms with Crippen LogP contribution in [0.3, 0.4) is 0 Å². The Bertz CT molecular complexity index is 798. The summed E-state index contributed by atoms with van der Waals surface area (Å²) in [5.41, 5.74) is 6.01. The number of benzene rings is 1. The smallest absolute Gasteiger partial charge is 0.158 e. The molecule has 114 valence electrons. The van der Waals surface area contributed by atoms with Crippen LogP contribution in [-0.2, 0) is 14.6 Å². The average molecular weight is 315 g/mol. The van der Waals surface area contributed by atoms with Crippen LogP contribution < -0.4 is 5.73 Å². The number of anilines is 1. The molecule has 1 aromatic heterocycles. The number of nitrogens with one attached hydrogen (secondary N) is 1. The van der Waals surface area contributed by atoms with Crippen molar-refractivity contribution in [1.82, 2.24) is 10.2 Å². The highest BCUT2D eigenvalue weighted by molar-refractivity contribution is 7.91. The lowest BCUT2D eigenvalue weighted by atomic mass is 9.98. The molecule has 1 heterocycles. The van der Waals surface area contributed by atoms with Gasteiger partial charge in [-0.1, -0.05) is 0 Å². The van der Waals surface area contributed by atoms with Gasteiger partial charge in [0.15, 0.2) is 15.7 Å². The number of nitrogen functional groups attached to an aromatic ring is 1. The van der Waals surface area contributed by atoms with Gasteiger partial charge in [0.25, 0.3) is 0 Å². The normalized spacial score (nSPS) is 12.6. The van der Waals surface area contributed by atoms with E-state index in [2.05, 4.69) is 10.2 Å². The van der Waals surface area contributed by atoms with Gasteiger partial charge in [-0.2, -0.15) is 5.10 Å². The third-order valence-corrected chi connectivity index (χ3v) is 5.58. The molecular formula is C13H15F2N3O2S. The van der Waals surface area contributed by atoms with E-state index in [1.54, 1.807) is 0 Å². The third kappa shape index (κ3) is 2.51. The molecule has 0 spiro atoms. The Kier molecular flexibility index (Phi) is 3.53. The van der Waals surface area contributed by atoms with Gasteiger partial charge in [0.05, 0.1) is 11.3 Å². The molecule has 0 atom stereocenters. The van der Waals surface area contributed by atoms with Crippen molar-refractivity contribution >= 4 is 15.7 Å². The lowest BCUT2D eigenvalue weighted by Gasteiger charge is -2.22. The first-order valence-electron chi connectivity index (χ1n) is 6.05. The van der Waals surface area contributed by atoms with E-state index >= 15 is 0 Å². The van der Waals surface area contributed by atoms with Crippen LogP contribution >= 0.6 is 0 Å². The monoisotopic (exact) mass is 315 g/mol. The molecule has 0 amide bonds. The minimum absolute atomic E-state index is 0.00521. The van der Waals surface area contributed by atoms with Crippen LogP contribution in [-0.4, -0.2) is 24.9 Å². The molecule has 0 unspecified atom stereocenters. The maximum atomic E-state index is 14.0. The molecule has 0 bridgehead atoms. The number of halogens is 2. The Labute approximate surface area is 121 Å². The number of aromatic amines is 1. The molecule has 0 aliphatic carbocycles. The summed E-state index contributed by atoms with van der Waals surface area (Å²) in [6, 6.07) is 2.98. The van der Waals surface area contributed by atoms with Gasteiger partial charge < -0.3 is 5.73 Å². The van der Waals surface area contributed by atoms with Crippen molar-refractivity contribution in [3.63, 3.8) is 0 Å². The van der Waals surface area contributed by atoms with Crippen molar-refractivity contribution in [2.45, 2.75) is 18.6 Å². The third-order valence-electron chi connectivity index (χ3n) is 3.52. The summed E-state index contributed by atoms with van der Waals surface area (Å²) < 4.78 is 49.5. The van der Waals surface area contributed by atoms with E-state index < -0.39 is 26.2 Å². The van der Waals surface area contributed by atoms with E-state index in [0.717, 1.165) is 12.3 Å². The molecule has 21 heavy (non-hydrogen) atoms. The highest BCUT2D eigenvalue weighted by atomic mass is 32.2. The molecule has 0 saturated heterocycles. The largest absolute Gasteiger partial charge is 0.382 e. The van der Waals surface area contributed by atoms with Gasteiger partial charge in [-0.15, -0.1) is 0 Å². The van der Waals surface area contributed by atoms with Crippen LogP contribution in [0.4, 0.5) is 14.6 Å². The average Bonchev–Trinajstić information content (AvgIpc) is 2.70. The summed E-state index contributed by atoms with van der Waals surface area (Å²) in [4.78, 5) is 0. The molecule has 2 rings (SSSR count). The van der Waals surface area contributed by atoms with Gasteiger partial charge in [0, 0.05) is 17.9 Å². The van der Waals surface area contributed by atoms with Gasteiger partial charge in [-0.3, -0.25) is 5.10 Å². The second kappa shape index (κ2) is 4.80. The number of sulfone groups is 1. The zero-order valence-corrected chi connectivity index (χ0v) is 12.6.